The molecule has 0 amide bonds. The monoisotopic (exact) mass is 375 g/mol. The number of halogens is 1. The fraction of sp³-hybridized carbons (Fsp3) is 0.600. The van der Waals surface area contributed by atoms with Gasteiger partial charge in [-0.05, 0) is 58.3 Å². The summed E-state index contributed by atoms with van der Waals surface area (Å²) in [4.78, 5) is 0.277. The fourth-order valence-electron chi connectivity index (χ4n) is 2.63. The van der Waals surface area contributed by atoms with Crippen LogP contribution in [0.2, 0.25) is 0 Å². The van der Waals surface area contributed by atoms with Crippen LogP contribution in [-0.4, -0.2) is 30.9 Å². The summed E-state index contributed by atoms with van der Waals surface area (Å²) in [6, 6.07) is 4.88. The molecule has 0 bridgehead atoms. The average Bonchev–Trinajstić information content (AvgIpc) is 2.59. The van der Waals surface area contributed by atoms with Crippen molar-refractivity contribution in [1.82, 2.24) is 4.31 Å². The molecule has 0 unspecified atom stereocenters. The van der Waals surface area contributed by atoms with Crippen LogP contribution in [0.3, 0.4) is 0 Å². The van der Waals surface area contributed by atoms with Crippen LogP contribution in [0, 0.1) is 5.41 Å². The van der Waals surface area contributed by atoms with E-state index in [0.29, 0.717) is 23.1 Å². The third-order valence-electron chi connectivity index (χ3n) is 4.10. The van der Waals surface area contributed by atoms with Crippen LogP contribution in [-0.2, 0) is 16.6 Å². The van der Waals surface area contributed by atoms with Crippen LogP contribution in [0.4, 0.5) is 0 Å². The van der Waals surface area contributed by atoms with Crippen LogP contribution in [0.25, 0.3) is 0 Å². The number of rotatable bonds is 3. The molecule has 1 heterocycles. The lowest BCUT2D eigenvalue weighted by molar-refractivity contribution is 0.281. The molecule has 0 saturated carbocycles. The number of hydrogen-bond acceptors (Lipinski definition) is 3. The number of nitrogens with zero attached hydrogens (tertiary/aromatic N) is 1. The molecule has 118 valence electrons. The predicted octanol–water partition coefficient (Wildman–Crippen LogP) is 3.14. The van der Waals surface area contributed by atoms with Crippen molar-refractivity contribution in [3.63, 3.8) is 0 Å². The first-order chi connectivity index (χ1) is 9.76. The van der Waals surface area contributed by atoms with Gasteiger partial charge in [0.1, 0.15) is 0 Å². The Bertz CT molecular complexity index is 613. The molecule has 1 aliphatic rings. The van der Waals surface area contributed by atoms with Crippen LogP contribution < -0.4 is 0 Å². The molecule has 0 spiro atoms. The zero-order valence-corrected chi connectivity index (χ0v) is 14.9. The molecule has 1 aliphatic heterocycles. The molecule has 0 aliphatic carbocycles. The number of hydrogen-bond donors (Lipinski definition) is 1. The Morgan fingerprint density at radius 3 is 2.62 bits per heavy atom. The summed E-state index contributed by atoms with van der Waals surface area (Å²) in [6.45, 7) is 5.41. The fourth-order valence-corrected chi connectivity index (χ4v) is 5.19. The predicted molar refractivity (Wildman–Crippen MR) is 86.5 cm³/mol. The van der Waals surface area contributed by atoms with Gasteiger partial charge in [0.25, 0.3) is 0 Å². The van der Waals surface area contributed by atoms with Crippen LogP contribution >= 0.6 is 15.9 Å². The van der Waals surface area contributed by atoms with Crippen molar-refractivity contribution >= 4 is 26.0 Å². The maximum atomic E-state index is 12.8. The molecule has 0 aromatic heterocycles. The SMILES string of the molecule is CC1(C)CCCN(S(=O)(=O)c2ccc(CO)cc2Br)CC1. The molecule has 2 rings (SSSR count). The lowest BCUT2D eigenvalue weighted by atomic mass is 9.85. The number of aliphatic hydroxyl groups excluding tert-OH is 1. The smallest absolute Gasteiger partial charge is 0.244 e. The van der Waals surface area contributed by atoms with E-state index in [2.05, 4.69) is 29.8 Å². The van der Waals surface area contributed by atoms with Crippen molar-refractivity contribution in [2.24, 2.45) is 5.41 Å². The molecule has 21 heavy (non-hydrogen) atoms. The molecular formula is C15H22BrNO3S. The third-order valence-corrected chi connectivity index (χ3v) is 6.97. The van der Waals surface area contributed by atoms with E-state index in [1.165, 1.54) is 0 Å². The highest BCUT2D eigenvalue weighted by molar-refractivity contribution is 9.10. The lowest BCUT2D eigenvalue weighted by Gasteiger charge is -2.23. The van der Waals surface area contributed by atoms with E-state index >= 15 is 0 Å². The van der Waals surface area contributed by atoms with Gasteiger partial charge in [-0.3, -0.25) is 0 Å². The number of sulfonamides is 1. The molecular weight excluding hydrogens is 354 g/mol. The van der Waals surface area contributed by atoms with Gasteiger partial charge in [-0.15, -0.1) is 0 Å². The summed E-state index contributed by atoms with van der Waals surface area (Å²) >= 11 is 3.32. The van der Waals surface area contributed by atoms with E-state index in [9.17, 15) is 8.42 Å². The zero-order chi connectivity index (χ0) is 15.7. The second-order valence-corrected chi connectivity index (χ2v) is 9.11. The number of benzene rings is 1. The summed E-state index contributed by atoms with van der Waals surface area (Å²) in [5.41, 5.74) is 0.889. The second-order valence-electron chi connectivity index (χ2n) is 6.34. The first-order valence-electron chi connectivity index (χ1n) is 7.16. The van der Waals surface area contributed by atoms with Crippen molar-refractivity contribution in [1.29, 1.82) is 0 Å². The average molecular weight is 376 g/mol. The Morgan fingerprint density at radius 2 is 2.00 bits per heavy atom. The highest BCUT2D eigenvalue weighted by Gasteiger charge is 2.31. The van der Waals surface area contributed by atoms with Gasteiger partial charge in [0, 0.05) is 17.6 Å². The van der Waals surface area contributed by atoms with Crippen LogP contribution in [0.15, 0.2) is 27.6 Å². The molecule has 1 aromatic rings. The van der Waals surface area contributed by atoms with E-state index in [4.69, 9.17) is 5.11 Å². The van der Waals surface area contributed by atoms with Crippen molar-refractivity contribution < 1.29 is 13.5 Å². The molecule has 6 heteroatoms. The van der Waals surface area contributed by atoms with Crippen molar-refractivity contribution in [3.8, 4) is 0 Å². The van der Waals surface area contributed by atoms with Gasteiger partial charge in [0.2, 0.25) is 10.0 Å². The Morgan fingerprint density at radius 1 is 1.29 bits per heavy atom. The third kappa shape index (κ3) is 3.86. The second kappa shape index (κ2) is 6.36. The molecule has 1 aromatic carbocycles. The van der Waals surface area contributed by atoms with E-state index in [-0.39, 0.29) is 16.9 Å². The van der Waals surface area contributed by atoms with Crippen molar-refractivity contribution in [3.05, 3.63) is 28.2 Å². The molecule has 1 N–H and O–H groups in total. The summed E-state index contributed by atoms with van der Waals surface area (Å²) in [7, 11) is -3.49. The molecule has 0 radical (unpaired) electrons. The molecule has 1 fully saturated rings. The van der Waals surface area contributed by atoms with Gasteiger partial charge in [0.05, 0.1) is 11.5 Å². The quantitative estimate of drug-likeness (QED) is 0.882. The zero-order valence-electron chi connectivity index (χ0n) is 12.5. The standard InChI is InChI=1S/C15H22BrNO3S/c1-15(2)6-3-8-17(9-7-15)21(19,20)14-5-4-12(11-18)10-13(14)16/h4-5,10,18H,3,6-9,11H2,1-2H3. The molecule has 1 saturated heterocycles. The minimum atomic E-state index is -3.49. The minimum absolute atomic E-state index is 0.100. The normalized spacial score (nSPS) is 20.2. The summed E-state index contributed by atoms with van der Waals surface area (Å²) in [6.07, 6.45) is 2.81. The topological polar surface area (TPSA) is 57.6 Å². The maximum Gasteiger partial charge on any atom is 0.244 e. The van der Waals surface area contributed by atoms with E-state index < -0.39 is 10.0 Å². The first kappa shape index (κ1) is 16.9. The highest BCUT2D eigenvalue weighted by atomic mass is 79.9. The van der Waals surface area contributed by atoms with Gasteiger partial charge < -0.3 is 5.11 Å². The van der Waals surface area contributed by atoms with E-state index in [1.54, 1.807) is 22.5 Å². The van der Waals surface area contributed by atoms with Crippen molar-refractivity contribution in [2.75, 3.05) is 13.1 Å². The Balaban J connectivity index is 2.29. The summed E-state index contributed by atoms with van der Waals surface area (Å²) < 4.78 is 27.7. The largest absolute Gasteiger partial charge is 0.392 e. The van der Waals surface area contributed by atoms with Gasteiger partial charge >= 0.3 is 0 Å². The summed E-state index contributed by atoms with van der Waals surface area (Å²) in [5, 5.41) is 9.12. The van der Waals surface area contributed by atoms with Crippen LogP contribution in [0.5, 0.6) is 0 Å². The van der Waals surface area contributed by atoms with E-state index in [1.807, 2.05) is 0 Å². The van der Waals surface area contributed by atoms with Gasteiger partial charge in [0.15, 0.2) is 0 Å². The molecule has 0 atom stereocenters. The van der Waals surface area contributed by atoms with Gasteiger partial charge in [-0.1, -0.05) is 19.9 Å². The van der Waals surface area contributed by atoms with Crippen molar-refractivity contribution in [2.45, 2.75) is 44.6 Å². The Labute approximate surface area is 135 Å². The lowest BCUT2D eigenvalue weighted by Crippen LogP contribution is -2.32. The van der Waals surface area contributed by atoms with E-state index in [0.717, 1.165) is 19.3 Å². The molecule has 4 nitrogen and oxygen atoms in total. The van der Waals surface area contributed by atoms with Gasteiger partial charge in [-0.2, -0.15) is 4.31 Å². The summed E-state index contributed by atoms with van der Waals surface area (Å²) in [5.74, 6) is 0. The Kier molecular flexibility index (Phi) is 5.13. The van der Waals surface area contributed by atoms with Gasteiger partial charge in [-0.25, -0.2) is 8.42 Å². The Hall–Kier alpha value is -0.430. The first-order valence-corrected chi connectivity index (χ1v) is 9.39. The highest BCUT2D eigenvalue weighted by Crippen LogP contribution is 2.33. The van der Waals surface area contributed by atoms with Crippen LogP contribution in [0.1, 0.15) is 38.7 Å². The maximum absolute atomic E-state index is 12.8. The minimum Gasteiger partial charge on any atom is -0.392 e. The number of aliphatic hydroxyl groups is 1.